The third-order valence-electron chi connectivity index (χ3n) is 1.69. The summed E-state index contributed by atoms with van der Waals surface area (Å²) in [6.07, 6.45) is 4.24. The van der Waals surface area contributed by atoms with Crippen LogP contribution in [0.1, 0.15) is 46.5 Å². The van der Waals surface area contributed by atoms with Gasteiger partial charge in [0.15, 0.2) is 6.29 Å². The van der Waals surface area contributed by atoms with Crippen LogP contribution in [0.2, 0.25) is 0 Å². The van der Waals surface area contributed by atoms with Crippen LogP contribution in [0.4, 0.5) is 0 Å². The monoisotopic (exact) mass is 189 g/mol. The number of hydrogen-bond donors (Lipinski definition) is 1. The Morgan fingerprint density at radius 2 is 1.92 bits per heavy atom. The van der Waals surface area contributed by atoms with Crippen molar-refractivity contribution in [2.75, 3.05) is 13.2 Å². The van der Waals surface area contributed by atoms with Gasteiger partial charge in [-0.1, -0.05) is 33.6 Å². The minimum absolute atomic E-state index is 0.0727. The summed E-state index contributed by atoms with van der Waals surface area (Å²) in [5.41, 5.74) is 2.84. The van der Waals surface area contributed by atoms with Crippen LogP contribution in [0.15, 0.2) is 0 Å². The molecule has 0 aliphatic rings. The summed E-state index contributed by atoms with van der Waals surface area (Å²) >= 11 is 0. The van der Waals surface area contributed by atoms with Crippen molar-refractivity contribution in [1.29, 1.82) is 0 Å². The highest BCUT2D eigenvalue weighted by Gasteiger charge is 2.06. The van der Waals surface area contributed by atoms with E-state index in [0.717, 1.165) is 32.4 Å². The van der Waals surface area contributed by atoms with Gasteiger partial charge in [-0.15, -0.1) is 0 Å². The Hall–Kier alpha value is -0.120. The van der Waals surface area contributed by atoms with Gasteiger partial charge in [0, 0.05) is 13.2 Å². The maximum atomic E-state index is 5.54. The van der Waals surface area contributed by atoms with E-state index in [-0.39, 0.29) is 6.29 Å². The van der Waals surface area contributed by atoms with Crippen LogP contribution >= 0.6 is 0 Å². The van der Waals surface area contributed by atoms with Crippen molar-refractivity contribution in [1.82, 2.24) is 5.48 Å². The number of unbranched alkanes of at least 4 members (excludes halogenated alkanes) is 1. The fourth-order valence-corrected chi connectivity index (χ4v) is 0.947. The van der Waals surface area contributed by atoms with Crippen LogP contribution in [-0.2, 0) is 9.57 Å². The Labute approximate surface area is 81.8 Å². The Bertz CT molecular complexity index is 98.9. The first kappa shape index (κ1) is 12.9. The maximum Gasteiger partial charge on any atom is 0.177 e. The van der Waals surface area contributed by atoms with E-state index in [1.165, 1.54) is 6.42 Å². The van der Waals surface area contributed by atoms with Crippen LogP contribution in [0.5, 0.6) is 0 Å². The van der Waals surface area contributed by atoms with Crippen LogP contribution in [-0.4, -0.2) is 19.4 Å². The fourth-order valence-electron chi connectivity index (χ4n) is 0.947. The van der Waals surface area contributed by atoms with E-state index in [1.54, 1.807) is 0 Å². The molecule has 0 radical (unpaired) electrons. The molecule has 3 heteroatoms. The van der Waals surface area contributed by atoms with Gasteiger partial charge in [-0.25, -0.2) is 0 Å². The quantitative estimate of drug-likeness (QED) is 0.343. The van der Waals surface area contributed by atoms with Gasteiger partial charge in [0.1, 0.15) is 0 Å². The molecule has 3 nitrogen and oxygen atoms in total. The molecular weight excluding hydrogens is 166 g/mol. The van der Waals surface area contributed by atoms with E-state index in [9.17, 15) is 0 Å². The van der Waals surface area contributed by atoms with Crippen molar-refractivity contribution in [2.45, 2.75) is 52.7 Å². The molecule has 1 unspecified atom stereocenters. The van der Waals surface area contributed by atoms with Gasteiger partial charge in [0.25, 0.3) is 0 Å². The van der Waals surface area contributed by atoms with Crippen molar-refractivity contribution < 1.29 is 9.57 Å². The van der Waals surface area contributed by atoms with Crippen LogP contribution in [0, 0.1) is 0 Å². The van der Waals surface area contributed by atoms with Crippen molar-refractivity contribution in [2.24, 2.45) is 0 Å². The van der Waals surface area contributed by atoms with E-state index in [2.05, 4.69) is 19.3 Å². The average Bonchev–Trinajstić information content (AvgIpc) is 2.14. The smallest absolute Gasteiger partial charge is 0.177 e. The molecule has 0 saturated heterocycles. The second kappa shape index (κ2) is 9.96. The van der Waals surface area contributed by atoms with Gasteiger partial charge in [0.05, 0.1) is 0 Å². The number of ether oxygens (including phenoxy) is 1. The lowest BCUT2D eigenvalue weighted by Gasteiger charge is -2.17. The lowest BCUT2D eigenvalue weighted by atomic mass is 10.3. The van der Waals surface area contributed by atoms with E-state index in [4.69, 9.17) is 9.57 Å². The molecule has 0 spiro atoms. The molecule has 0 amide bonds. The summed E-state index contributed by atoms with van der Waals surface area (Å²) in [4.78, 5) is 5.31. The van der Waals surface area contributed by atoms with Gasteiger partial charge >= 0.3 is 0 Å². The summed E-state index contributed by atoms with van der Waals surface area (Å²) in [6, 6.07) is 0. The van der Waals surface area contributed by atoms with E-state index >= 15 is 0 Å². The third kappa shape index (κ3) is 8.22. The molecule has 1 N–H and O–H groups in total. The summed E-state index contributed by atoms with van der Waals surface area (Å²) in [6.45, 7) is 7.91. The zero-order chi connectivity index (χ0) is 9.94. The Morgan fingerprint density at radius 3 is 2.46 bits per heavy atom. The maximum absolute atomic E-state index is 5.54. The standard InChI is InChI=1S/C10H23NO2/c1-4-7-9-12-10(8-5-2)13-11-6-3/h10-11H,4-9H2,1-3H3. The molecule has 0 aromatic carbocycles. The number of rotatable bonds is 9. The number of hydrogen-bond acceptors (Lipinski definition) is 3. The molecule has 0 aliphatic carbocycles. The molecule has 0 aromatic heterocycles. The topological polar surface area (TPSA) is 30.5 Å². The zero-order valence-corrected chi connectivity index (χ0v) is 9.14. The molecule has 0 heterocycles. The lowest BCUT2D eigenvalue weighted by molar-refractivity contribution is -0.182. The minimum atomic E-state index is -0.0727. The molecule has 0 aliphatic heterocycles. The Balaban J connectivity index is 3.41. The first-order valence-electron chi connectivity index (χ1n) is 5.35. The van der Waals surface area contributed by atoms with Crippen LogP contribution < -0.4 is 5.48 Å². The summed E-state index contributed by atoms with van der Waals surface area (Å²) < 4.78 is 5.54. The van der Waals surface area contributed by atoms with E-state index < -0.39 is 0 Å². The van der Waals surface area contributed by atoms with Crippen LogP contribution in [0.3, 0.4) is 0 Å². The largest absolute Gasteiger partial charge is 0.351 e. The Morgan fingerprint density at radius 1 is 1.15 bits per heavy atom. The molecule has 0 aromatic rings. The molecule has 0 saturated carbocycles. The predicted octanol–water partition coefficient (Wildman–Crippen LogP) is 2.47. The molecule has 0 bridgehead atoms. The van der Waals surface area contributed by atoms with Crippen LogP contribution in [0.25, 0.3) is 0 Å². The highest BCUT2D eigenvalue weighted by atomic mass is 16.8. The highest BCUT2D eigenvalue weighted by molar-refractivity contribution is 4.43. The van der Waals surface area contributed by atoms with Crippen molar-refractivity contribution in [3.8, 4) is 0 Å². The molecule has 0 rings (SSSR count). The lowest BCUT2D eigenvalue weighted by Crippen LogP contribution is -2.26. The van der Waals surface area contributed by atoms with Crippen molar-refractivity contribution in [3.05, 3.63) is 0 Å². The first-order chi connectivity index (χ1) is 6.35. The average molecular weight is 189 g/mol. The summed E-state index contributed by atoms with van der Waals surface area (Å²) in [5.74, 6) is 0. The van der Waals surface area contributed by atoms with Crippen molar-refractivity contribution >= 4 is 0 Å². The fraction of sp³-hybridized carbons (Fsp3) is 1.00. The number of hydroxylamine groups is 1. The molecule has 13 heavy (non-hydrogen) atoms. The second-order valence-electron chi connectivity index (χ2n) is 3.06. The molecule has 80 valence electrons. The molecule has 0 fully saturated rings. The minimum Gasteiger partial charge on any atom is -0.351 e. The van der Waals surface area contributed by atoms with Gasteiger partial charge in [-0.3, -0.25) is 4.84 Å². The second-order valence-corrected chi connectivity index (χ2v) is 3.06. The molecular formula is C10H23NO2. The Kier molecular flexibility index (Phi) is 9.87. The normalized spacial score (nSPS) is 13.2. The summed E-state index contributed by atoms with van der Waals surface area (Å²) in [7, 11) is 0. The third-order valence-corrected chi connectivity index (χ3v) is 1.69. The van der Waals surface area contributed by atoms with Gasteiger partial charge in [-0.2, -0.15) is 5.48 Å². The van der Waals surface area contributed by atoms with Crippen molar-refractivity contribution in [3.63, 3.8) is 0 Å². The first-order valence-corrected chi connectivity index (χ1v) is 5.35. The van der Waals surface area contributed by atoms with E-state index in [1.807, 2.05) is 6.92 Å². The predicted molar refractivity (Wildman–Crippen MR) is 54.3 cm³/mol. The highest BCUT2D eigenvalue weighted by Crippen LogP contribution is 2.03. The van der Waals surface area contributed by atoms with Gasteiger partial charge < -0.3 is 4.74 Å². The SMILES string of the molecule is CCCCOC(CCC)ONCC. The number of nitrogens with one attached hydrogen (secondary N) is 1. The van der Waals surface area contributed by atoms with Gasteiger partial charge in [0.2, 0.25) is 0 Å². The summed E-state index contributed by atoms with van der Waals surface area (Å²) in [5, 5.41) is 0. The molecule has 1 atom stereocenters. The zero-order valence-electron chi connectivity index (χ0n) is 9.14. The van der Waals surface area contributed by atoms with E-state index in [0.29, 0.717) is 0 Å². The van der Waals surface area contributed by atoms with Gasteiger partial charge in [-0.05, 0) is 12.8 Å².